The number of carbonyl (C=O) groups is 2. The lowest BCUT2D eigenvalue weighted by molar-refractivity contribution is -0.131. The number of benzene rings is 2. The number of aryl methyl sites for hydroxylation is 1. The number of ether oxygens (including phenoxy) is 1. The Morgan fingerprint density at radius 3 is 2.51 bits per heavy atom. The SMILES string of the molecule is CCN(CC(=O)N1CCCN(c2ccc(-c3cccc(OC)c3)nn2)CC1)C(=O)Nc1ccc(C)cc1. The van der Waals surface area contributed by atoms with Gasteiger partial charge in [0.05, 0.1) is 12.8 Å². The highest BCUT2D eigenvalue weighted by molar-refractivity contribution is 5.92. The predicted molar refractivity (Wildman–Crippen MR) is 145 cm³/mol. The third kappa shape index (κ3) is 6.75. The number of urea groups is 1. The van der Waals surface area contributed by atoms with E-state index in [9.17, 15) is 9.59 Å². The van der Waals surface area contributed by atoms with Gasteiger partial charge in [0.15, 0.2) is 5.82 Å². The Balaban J connectivity index is 1.32. The van der Waals surface area contributed by atoms with Crippen molar-refractivity contribution >= 4 is 23.4 Å². The van der Waals surface area contributed by atoms with E-state index in [-0.39, 0.29) is 18.5 Å². The molecule has 1 aromatic heterocycles. The van der Waals surface area contributed by atoms with E-state index in [1.807, 2.05) is 79.4 Å². The molecule has 0 spiro atoms. The van der Waals surface area contributed by atoms with Crippen molar-refractivity contribution in [3.05, 3.63) is 66.2 Å². The number of rotatable bonds is 7. The van der Waals surface area contributed by atoms with Gasteiger partial charge in [0.25, 0.3) is 0 Å². The van der Waals surface area contributed by atoms with E-state index < -0.39 is 0 Å². The first-order chi connectivity index (χ1) is 18.0. The number of likely N-dealkylation sites (N-methyl/N-ethyl adjacent to an activating group) is 1. The number of methoxy groups -OCH3 is 1. The molecule has 1 aliphatic rings. The van der Waals surface area contributed by atoms with Crippen LogP contribution in [0.1, 0.15) is 18.9 Å². The summed E-state index contributed by atoms with van der Waals surface area (Å²) >= 11 is 0. The summed E-state index contributed by atoms with van der Waals surface area (Å²) in [7, 11) is 1.64. The normalized spacial score (nSPS) is 13.6. The lowest BCUT2D eigenvalue weighted by Gasteiger charge is -2.26. The van der Waals surface area contributed by atoms with Gasteiger partial charge in [-0.2, -0.15) is 0 Å². The maximum absolute atomic E-state index is 13.1. The fourth-order valence-electron chi connectivity index (χ4n) is 4.26. The molecular weight excluding hydrogens is 468 g/mol. The summed E-state index contributed by atoms with van der Waals surface area (Å²) in [5, 5.41) is 11.7. The molecule has 194 valence electrons. The van der Waals surface area contributed by atoms with E-state index in [1.165, 1.54) is 4.90 Å². The number of amides is 3. The molecule has 4 rings (SSSR count). The Hall–Kier alpha value is -4.14. The van der Waals surface area contributed by atoms with Crippen LogP contribution < -0.4 is 15.0 Å². The number of nitrogens with one attached hydrogen (secondary N) is 1. The number of aromatic nitrogens is 2. The van der Waals surface area contributed by atoms with Crippen LogP contribution >= 0.6 is 0 Å². The number of carbonyl (C=O) groups excluding carboxylic acids is 2. The fraction of sp³-hybridized carbons (Fsp3) is 0.357. The van der Waals surface area contributed by atoms with Crippen LogP contribution in [0.25, 0.3) is 11.3 Å². The van der Waals surface area contributed by atoms with E-state index in [4.69, 9.17) is 4.74 Å². The zero-order valence-corrected chi connectivity index (χ0v) is 21.7. The van der Waals surface area contributed by atoms with Gasteiger partial charge in [-0.1, -0.05) is 29.8 Å². The molecule has 3 aromatic rings. The van der Waals surface area contributed by atoms with Crippen LogP contribution in [0.15, 0.2) is 60.7 Å². The lowest BCUT2D eigenvalue weighted by atomic mass is 10.1. The van der Waals surface area contributed by atoms with Gasteiger partial charge >= 0.3 is 6.03 Å². The molecule has 37 heavy (non-hydrogen) atoms. The van der Waals surface area contributed by atoms with Crippen molar-refractivity contribution < 1.29 is 14.3 Å². The van der Waals surface area contributed by atoms with Gasteiger partial charge in [-0.25, -0.2) is 4.79 Å². The first-order valence-electron chi connectivity index (χ1n) is 12.6. The second-order valence-electron chi connectivity index (χ2n) is 9.04. The fourth-order valence-corrected chi connectivity index (χ4v) is 4.26. The molecule has 0 saturated carbocycles. The maximum atomic E-state index is 13.1. The van der Waals surface area contributed by atoms with E-state index >= 15 is 0 Å². The molecule has 1 fully saturated rings. The standard InChI is InChI=1S/C28H34N6O3/c1-4-32(28(36)29-23-11-9-21(2)10-12-23)20-27(35)34-16-6-15-33(17-18-34)26-14-13-25(30-31-26)22-7-5-8-24(19-22)37-3/h5,7-14,19H,4,6,15-18,20H2,1-3H3,(H,29,36). The van der Waals surface area contributed by atoms with Crippen molar-refractivity contribution in [2.75, 3.05) is 56.6 Å². The van der Waals surface area contributed by atoms with Crippen LogP contribution in [0.4, 0.5) is 16.3 Å². The van der Waals surface area contributed by atoms with Gasteiger partial charge in [0, 0.05) is 44.0 Å². The quantitative estimate of drug-likeness (QED) is 0.524. The monoisotopic (exact) mass is 502 g/mol. The number of anilines is 2. The molecule has 0 unspecified atom stereocenters. The summed E-state index contributed by atoms with van der Waals surface area (Å²) in [5.41, 5.74) is 3.55. The second-order valence-corrected chi connectivity index (χ2v) is 9.04. The minimum Gasteiger partial charge on any atom is -0.497 e. The maximum Gasteiger partial charge on any atom is 0.322 e. The van der Waals surface area contributed by atoms with E-state index in [2.05, 4.69) is 20.4 Å². The molecule has 1 aliphatic heterocycles. The van der Waals surface area contributed by atoms with E-state index in [0.717, 1.165) is 41.4 Å². The minimum atomic E-state index is -0.275. The first-order valence-corrected chi connectivity index (χ1v) is 12.6. The Kier molecular flexibility index (Phi) is 8.56. The van der Waals surface area contributed by atoms with Gasteiger partial charge in [-0.05, 0) is 56.7 Å². The largest absolute Gasteiger partial charge is 0.497 e. The second kappa shape index (κ2) is 12.2. The number of hydrogen-bond donors (Lipinski definition) is 1. The average molecular weight is 503 g/mol. The van der Waals surface area contributed by atoms with Crippen molar-refractivity contribution in [1.82, 2.24) is 20.0 Å². The topological polar surface area (TPSA) is 90.9 Å². The van der Waals surface area contributed by atoms with Gasteiger partial charge in [0.1, 0.15) is 12.3 Å². The molecular formula is C28H34N6O3. The van der Waals surface area contributed by atoms with Crippen molar-refractivity contribution in [3.63, 3.8) is 0 Å². The summed E-state index contributed by atoms with van der Waals surface area (Å²) in [6, 6.07) is 19.0. The van der Waals surface area contributed by atoms with Crippen molar-refractivity contribution in [1.29, 1.82) is 0 Å². The molecule has 9 nitrogen and oxygen atoms in total. The highest BCUT2D eigenvalue weighted by Gasteiger charge is 2.23. The third-order valence-corrected chi connectivity index (χ3v) is 6.49. The molecule has 3 amide bonds. The van der Waals surface area contributed by atoms with Gasteiger partial charge in [-0.15, -0.1) is 10.2 Å². The van der Waals surface area contributed by atoms with Crippen LogP contribution in [0.5, 0.6) is 5.75 Å². The molecule has 0 aliphatic carbocycles. The minimum absolute atomic E-state index is 0.0449. The highest BCUT2D eigenvalue weighted by Crippen LogP contribution is 2.23. The van der Waals surface area contributed by atoms with Crippen LogP contribution in [-0.4, -0.2) is 78.3 Å². The van der Waals surface area contributed by atoms with Gasteiger partial charge in [0.2, 0.25) is 5.91 Å². The Labute approximate surface area is 218 Å². The molecule has 9 heteroatoms. The zero-order valence-electron chi connectivity index (χ0n) is 21.7. The molecule has 2 heterocycles. The third-order valence-electron chi connectivity index (χ3n) is 6.49. The molecule has 2 aromatic carbocycles. The molecule has 1 N–H and O–H groups in total. The summed E-state index contributed by atoms with van der Waals surface area (Å²) in [6.07, 6.45) is 0.812. The Bertz CT molecular complexity index is 1200. The first kappa shape index (κ1) is 25.9. The highest BCUT2D eigenvalue weighted by atomic mass is 16.5. The van der Waals surface area contributed by atoms with Gasteiger partial charge in [-0.3, -0.25) is 4.79 Å². The molecule has 0 bridgehead atoms. The summed E-state index contributed by atoms with van der Waals surface area (Å²) in [5.74, 6) is 1.51. The van der Waals surface area contributed by atoms with Crippen LogP contribution in [0.2, 0.25) is 0 Å². The van der Waals surface area contributed by atoms with E-state index in [0.29, 0.717) is 31.9 Å². The van der Waals surface area contributed by atoms with Crippen molar-refractivity contribution in [2.24, 2.45) is 0 Å². The van der Waals surface area contributed by atoms with E-state index in [1.54, 1.807) is 7.11 Å². The van der Waals surface area contributed by atoms with Crippen LogP contribution in [0, 0.1) is 6.92 Å². The predicted octanol–water partition coefficient (Wildman–Crippen LogP) is 4.05. The van der Waals surface area contributed by atoms with Crippen molar-refractivity contribution in [2.45, 2.75) is 20.3 Å². The summed E-state index contributed by atoms with van der Waals surface area (Å²) < 4.78 is 5.30. The smallest absolute Gasteiger partial charge is 0.322 e. The number of hydrogen-bond acceptors (Lipinski definition) is 6. The average Bonchev–Trinajstić information content (AvgIpc) is 3.19. The molecule has 0 radical (unpaired) electrons. The Morgan fingerprint density at radius 2 is 1.81 bits per heavy atom. The van der Waals surface area contributed by atoms with Gasteiger partial charge < -0.3 is 24.8 Å². The summed E-state index contributed by atoms with van der Waals surface area (Å²) in [4.78, 5) is 31.3. The number of nitrogens with zero attached hydrogens (tertiary/aromatic N) is 5. The lowest BCUT2D eigenvalue weighted by Crippen LogP contribution is -2.45. The zero-order chi connectivity index (χ0) is 26.2. The van der Waals surface area contributed by atoms with Crippen LogP contribution in [-0.2, 0) is 4.79 Å². The van der Waals surface area contributed by atoms with Crippen LogP contribution in [0.3, 0.4) is 0 Å². The van der Waals surface area contributed by atoms with Crippen molar-refractivity contribution in [3.8, 4) is 17.0 Å². The molecule has 0 atom stereocenters. The summed E-state index contributed by atoms with van der Waals surface area (Å²) in [6.45, 7) is 7.00. The molecule has 1 saturated heterocycles. The Morgan fingerprint density at radius 1 is 1.00 bits per heavy atom.